The molecule has 0 radical (unpaired) electrons. The topological polar surface area (TPSA) is 92.3 Å². The van der Waals surface area contributed by atoms with E-state index in [2.05, 4.69) is 9.44 Å². The number of hydrogen-bond donors (Lipinski definition) is 2. The Bertz CT molecular complexity index is 888. The van der Waals surface area contributed by atoms with E-state index in [-0.39, 0.29) is 10.6 Å². The fraction of sp³-hybridized carbons (Fsp3) is 0.0667. The van der Waals surface area contributed by atoms with Crippen molar-refractivity contribution >= 4 is 31.8 Å². The van der Waals surface area contributed by atoms with Gasteiger partial charge >= 0.3 is 0 Å². The molecule has 2 aromatic carbocycles. The smallest absolute Gasteiger partial charge is 0.255 e. The third-order valence-corrected chi connectivity index (χ3v) is 5.38. The van der Waals surface area contributed by atoms with Crippen molar-refractivity contribution in [1.29, 1.82) is 0 Å². The van der Waals surface area contributed by atoms with Crippen LogP contribution in [0.15, 0.2) is 64.9 Å². The maximum absolute atomic E-state index is 12.0. The number of hydrogen-bond acceptors (Lipinski definition) is 4. The van der Waals surface area contributed by atoms with Gasteiger partial charge in [0.25, 0.3) is 10.0 Å². The van der Waals surface area contributed by atoms with Gasteiger partial charge in [-0.2, -0.15) is 0 Å². The summed E-state index contributed by atoms with van der Waals surface area (Å²) in [6.07, 6.45) is 1.47. The van der Waals surface area contributed by atoms with Crippen molar-refractivity contribution in [2.24, 2.45) is 0 Å². The van der Waals surface area contributed by atoms with Gasteiger partial charge in [-0.25, -0.2) is 21.6 Å². The van der Waals surface area contributed by atoms with Gasteiger partial charge in [0.2, 0.25) is 10.0 Å². The Balaban J connectivity index is 2.13. The fourth-order valence-corrected chi connectivity index (χ4v) is 3.35. The summed E-state index contributed by atoms with van der Waals surface area (Å²) >= 11 is 0. The van der Waals surface area contributed by atoms with Crippen molar-refractivity contribution in [1.82, 2.24) is 4.72 Å². The van der Waals surface area contributed by atoms with Gasteiger partial charge in [-0.3, -0.25) is 4.72 Å². The maximum atomic E-state index is 12.0. The highest BCUT2D eigenvalue weighted by Crippen LogP contribution is 2.15. The Kier molecular flexibility index (Phi) is 5.19. The zero-order valence-corrected chi connectivity index (χ0v) is 13.9. The van der Waals surface area contributed by atoms with Crippen LogP contribution in [0.25, 0.3) is 6.08 Å². The Morgan fingerprint density at radius 3 is 2.04 bits per heavy atom. The van der Waals surface area contributed by atoms with E-state index in [1.165, 1.54) is 37.4 Å². The lowest BCUT2D eigenvalue weighted by atomic mass is 10.2. The number of rotatable bonds is 6. The minimum atomic E-state index is -3.68. The van der Waals surface area contributed by atoms with Gasteiger partial charge in [0, 0.05) is 5.69 Å². The molecule has 0 saturated carbocycles. The van der Waals surface area contributed by atoms with Gasteiger partial charge in [0.05, 0.1) is 10.3 Å². The molecule has 0 bridgehead atoms. The lowest BCUT2D eigenvalue weighted by Crippen LogP contribution is -2.18. The van der Waals surface area contributed by atoms with Gasteiger partial charge in [0.15, 0.2) is 0 Å². The zero-order chi connectivity index (χ0) is 16.9. The summed E-state index contributed by atoms with van der Waals surface area (Å²) in [6.45, 7) is 0. The van der Waals surface area contributed by atoms with E-state index in [0.717, 1.165) is 11.0 Å². The van der Waals surface area contributed by atoms with Crippen LogP contribution in [0, 0.1) is 0 Å². The number of nitrogens with one attached hydrogen (secondary N) is 2. The number of sulfonamides is 2. The number of anilines is 1. The molecule has 122 valence electrons. The molecule has 23 heavy (non-hydrogen) atoms. The standard InChI is InChI=1S/C15H16N2O4S2/c1-16-23(20,21)15-9-7-14(8-10-15)17-22(18,19)12-11-13-5-3-2-4-6-13/h2-12,16-17H,1H3/b12-11+. The summed E-state index contributed by atoms with van der Waals surface area (Å²) in [5.74, 6) is 0. The largest absolute Gasteiger partial charge is 0.280 e. The first-order valence-corrected chi connectivity index (χ1v) is 9.65. The first-order valence-electron chi connectivity index (χ1n) is 6.62. The minimum absolute atomic E-state index is 0.0581. The lowest BCUT2D eigenvalue weighted by Gasteiger charge is -2.06. The molecule has 2 rings (SSSR count). The van der Waals surface area contributed by atoms with Crippen LogP contribution in [0.2, 0.25) is 0 Å². The lowest BCUT2D eigenvalue weighted by molar-refractivity contribution is 0.588. The van der Waals surface area contributed by atoms with E-state index < -0.39 is 20.0 Å². The molecule has 0 heterocycles. The van der Waals surface area contributed by atoms with E-state index in [4.69, 9.17) is 0 Å². The molecule has 2 aromatic rings. The second-order valence-corrected chi connectivity index (χ2v) is 8.05. The van der Waals surface area contributed by atoms with Crippen LogP contribution in [0.1, 0.15) is 5.56 Å². The quantitative estimate of drug-likeness (QED) is 0.832. The summed E-state index contributed by atoms with van der Waals surface area (Å²) in [5, 5.41) is 1.06. The second-order valence-electron chi connectivity index (χ2n) is 4.59. The first kappa shape index (κ1) is 17.2. The normalized spacial score (nSPS) is 12.4. The fourth-order valence-electron chi connectivity index (χ4n) is 1.75. The minimum Gasteiger partial charge on any atom is -0.280 e. The Labute approximate surface area is 136 Å². The van der Waals surface area contributed by atoms with Gasteiger partial charge in [-0.1, -0.05) is 30.3 Å². The van der Waals surface area contributed by atoms with Crippen LogP contribution >= 0.6 is 0 Å². The molecular weight excluding hydrogens is 336 g/mol. The summed E-state index contributed by atoms with van der Waals surface area (Å²) in [7, 11) is -5.92. The van der Waals surface area contributed by atoms with Crippen molar-refractivity contribution < 1.29 is 16.8 Å². The molecule has 0 aliphatic carbocycles. The Morgan fingerprint density at radius 1 is 0.870 bits per heavy atom. The van der Waals surface area contributed by atoms with Crippen molar-refractivity contribution in [3.05, 3.63) is 65.6 Å². The average molecular weight is 352 g/mol. The molecule has 0 saturated heterocycles. The van der Waals surface area contributed by atoms with Crippen LogP contribution in [0.3, 0.4) is 0 Å². The maximum Gasteiger partial charge on any atom is 0.255 e. The highest BCUT2D eigenvalue weighted by atomic mass is 32.2. The summed E-state index contributed by atoms with van der Waals surface area (Å²) < 4.78 is 51.7. The van der Waals surface area contributed by atoms with E-state index in [1.807, 2.05) is 6.07 Å². The molecule has 0 aliphatic heterocycles. The van der Waals surface area contributed by atoms with Gasteiger partial charge in [-0.05, 0) is 43.0 Å². The molecule has 0 spiro atoms. The third-order valence-electron chi connectivity index (χ3n) is 2.93. The molecule has 2 N–H and O–H groups in total. The summed E-state index contributed by atoms with van der Waals surface area (Å²) in [6, 6.07) is 14.4. The van der Waals surface area contributed by atoms with Crippen LogP contribution < -0.4 is 9.44 Å². The van der Waals surface area contributed by atoms with E-state index in [1.54, 1.807) is 24.3 Å². The van der Waals surface area contributed by atoms with Crippen LogP contribution in [-0.2, 0) is 20.0 Å². The number of benzene rings is 2. The highest BCUT2D eigenvalue weighted by molar-refractivity contribution is 7.95. The molecule has 0 atom stereocenters. The molecule has 0 aliphatic rings. The molecule has 8 heteroatoms. The van der Waals surface area contributed by atoms with E-state index in [0.29, 0.717) is 0 Å². The summed E-state index contributed by atoms with van der Waals surface area (Å²) in [4.78, 5) is 0.0581. The predicted molar refractivity (Wildman–Crippen MR) is 90.7 cm³/mol. The van der Waals surface area contributed by atoms with E-state index in [9.17, 15) is 16.8 Å². The highest BCUT2D eigenvalue weighted by Gasteiger charge is 2.11. The van der Waals surface area contributed by atoms with Crippen molar-refractivity contribution in [3.63, 3.8) is 0 Å². The molecule has 0 unspecified atom stereocenters. The Hall–Kier alpha value is -2.16. The zero-order valence-electron chi connectivity index (χ0n) is 12.3. The average Bonchev–Trinajstić information content (AvgIpc) is 2.54. The molecule has 6 nitrogen and oxygen atoms in total. The van der Waals surface area contributed by atoms with Crippen LogP contribution in [0.4, 0.5) is 5.69 Å². The van der Waals surface area contributed by atoms with Gasteiger partial charge < -0.3 is 0 Å². The van der Waals surface area contributed by atoms with Crippen molar-refractivity contribution in [3.8, 4) is 0 Å². The van der Waals surface area contributed by atoms with Gasteiger partial charge in [0.1, 0.15) is 0 Å². The van der Waals surface area contributed by atoms with Crippen molar-refractivity contribution in [2.45, 2.75) is 4.90 Å². The molecular formula is C15H16N2O4S2. The van der Waals surface area contributed by atoms with Crippen molar-refractivity contribution in [2.75, 3.05) is 11.8 Å². The summed E-state index contributed by atoms with van der Waals surface area (Å²) in [5.41, 5.74) is 1.03. The van der Waals surface area contributed by atoms with Gasteiger partial charge in [-0.15, -0.1) is 0 Å². The molecule has 0 amide bonds. The SMILES string of the molecule is CNS(=O)(=O)c1ccc(NS(=O)(=O)/C=C/c2ccccc2)cc1. The Morgan fingerprint density at radius 2 is 1.48 bits per heavy atom. The monoisotopic (exact) mass is 352 g/mol. The predicted octanol–water partition coefficient (Wildman–Crippen LogP) is 2.01. The molecule has 0 fully saturated rings. The van der Waals surface area contributed by atoms with Crippen LogP contribution in [0.5, 0.6) is 0 Å². The van der Waals surface area contributed by atoms with E-state index >= 15 is 0 Å². The van der Waals surface area contributed by atoms with Crippen LogP contribution in [-0.4, -0.2) is 23.9 Å². The first-order chi connectivity index (χ1) is 10.8. The molecule has 0 aromatic heterocycles. The third kappa shape index (κ3) is 4.92. The second kappa shape index (κ2) is 6.95.